The predicted octanol–water partition coefficient (Wildman–Crippen LogP) is 5.52. The van der Waals surface area contributed by atoms with Crippen LogP contribution in [-0.4, -0.2) is 34.1 Å². The lowest BCUT2D eigenvalue weighted by Crippen LogP contribution is -2.41. The molecule has 1 aliphatic heterocycles. The Kier molecular flexibility index (Phi) is 4.93. The van der Waals surface area contributed by atoms with Gasteiger partial charge in [0.05, 0.1) is 28.6 Å². The maximum absolute atomic E-state index is 13.6. The van der Waals surface area contributed by atoms with E-state index in [4.69, 9.17) is 16.0 Å². The quantitative estimate of drug-likeness (QED) is 0.281. The average Bonchev–Trinajstić information content (AvgIpc) is 3.50. The van der Waals surface area contributed by atoms with E-state index in [1.54, 1.807) is 18.2 Å². The number of carbonyl (C=O) groups is 3. The van der Waals surface area contributed by atoms with Crippen molar-refractivity contribution in [1.29, 1.82) is 0 Å². The maximum Gasteiger partial charge on any atom is 0.337 e. The molecule has 0 unspecified atom stereocenters. The number of furan rings is 1. The molecular formula is C30H19ClN2O5. The molecule has 1 fully saturated rings. The van der Waals surface area contributed by atoms with Crippen molar-refractivity contribution >= 4 is 35.6 Å². The van der Waals surface area contributed by atoms with Crippen molar-refractivity contribution in [2.45, 2.75) is 11.8 Å². The zero-order chi connectivity index (χ0) is 26.1. The molecule has 1 N–H and O–H groups in total. The Bertz CT molecular complexity index is 1590. The fourth-order valence-corrected chi connectivity index (χ4v) is 6.57. The van der Waals surface area contributed by atoms with E-state index in [-0.39, 0.29) is 34.2 Å². The summed E-state index contributed by atoms with van der Waals surface area (Å²) in [7, 11) is 0. The Hall–Kier alpha value is -4.49. The molecule has 8 heteroatoms. The Balaban J connectivity index is 1.20. The Morgan fingerprint density at radius 2 is 1.39 bits per heavy atom. The standard InChI is InChI=1S/C30H19ClN2O5/c31-22-13-15(9-11-21(22)30(36)37)23-12-10-16(38-23)14-32-33-28(34)26-24-17-5-1-2-6-18(17)25(27(26)29(33)35)20-8-4-3-7-19(20)24/h1-14,24-27H,(H,36,37)/b32-14-/t24?,25?,26-,27+. The van der Waals surface area contributed by atoms with Crippen LogP contribution in [0.1, 0.15) is 50.2 Å². The number of imide groups is 1. The molecule has 3 aromatic carbocycles. The third kappa shape index (κ3) is 3.15. The van der Waals surface area contributed by atoms with Gasteiger partial charge in [-0.3, -0.25) is 9.59 Å². The SMILES string of the molecule is O=C(O)c1ccc(-c2ccc(/C=N\N3C(=O)[C@@H]4C5c6ccccc6C(c6ccccc65)[C@@H]4C3=O)o2)cc1Cl. The van der Waals surface area contributed by atoms with Crippen LogP contribution in [0.15, 0.2) is 88.4 Å². The minimum Gasteiger partial charge on any atom is -0.478 e. The van der Waals surface area contributed by atoms with Gasteiger partial charge in [-0.1, -0.05) is 66.2 Å². The second-order valence-corrected chi connectivity index (χ2v) is 10.1. The number of carboxylic acid groups (broad SMARTS) is 1. The van der Waals surface area contributed by atoms with Crippen LogP contribution in [-0.2, 0) is 9.59 Å². The lowest BCUT2D eigenvalue weighted by atomic mass is 9.55. The van der Waals surface area contributed by atoms with E-state index in [2.05, 4.69) is 29.4 Å². The summed E-state index contributed by atoms with van der Waals surface area (Å²) in [6.45, 7) is 0. The molecular weight excluding hydrogens is 504 g/mol. The summed E-state index contributed by atoms with van der Waals surface area (Å²) in [6, 6.07) is 24.0. The van der Waals surface area contributed by atoms with Crippen molar-refractivity contribution < 1.29 is 23.9 Å². The molecule has 4 aliphatic rings. The summed E-state index contributed by atoms with van der Waals surface area (Å²) in [5, 5.41) is 14.5. The fraction of sp³-hybridized carbons (Fsp3) is 0.133. The third-order valence-electron chi connectivity index (χ3n) is 7.84. The highest BCUT2D eigenvalue weighted by Gasteiger charge is 2.61. The van der Waals surface area contributed by atoms with Gasteiger partial charge >= 0.3 is 5.97 Å². The van der Waals surface area contributed by atoms with Gasteiger partial charge in [0, 0.05) is 17.4 Å². The summed E-state index contributed by atoms with van der Waals surface area (Å²) in [5.41, 5.74) is 5.00. The van der Waals surface area contributed by atoms with E-state index in [1.807, 2.05) is 24.3 Å². The first kappa shape index (κ1) is 22.7. The smallest absolute Gasteiger partial charge is 0.337 e. The summed E-state index contributed by atoms with van der Waals surface area (Å²) in [6.07, 6.45) is 1.35. The van der Waals surface area contributed by atoms with E-state index in [0.29, 0.717) is 17.1 Å². The number of rotatable bonds is 4. The van der Waals surface area contributed by atoms with Crippen LogP contribution in [0.3, 0.4) is 0 Å². The number of carboxylic acids is 1. The van der Waals surface area contributed by atoms with Crippen molar-refractivity contribution in [2.75, 3.05) is 0 Å². The number of amides is 2. The van der Waals surface area contributed by atoms with Crippen LogP contribution in [0.4, 0.5) is 0 Å². The van der Waals surface area contributed by atoms with Crippen LogP contribution in [0.5, 0.6) is 0 Å². The largest absolute Gasteiger partial charge is 0.478 e. The number of aromatic carboxylic acids is 1. The second kappa shape index (κ2) is 8.26. The zero-order valence-electron chi connectivity index (χ0n) is 19.7. The lowest BCUT2D eigenvalue weighted by molar-refractivity contribution is -0.139. The van der Waals surface area contributed by atoms with Crippen molar-refractivity contribution in [2.24, 2.45) is 16.9 Å². The molecule has 7 nitrogen and oxygen atoms in total. The van der Waals surface area contributed by atoms with Gasteiger partial charge < -0.3 is 9.52 Å². The van der Waals surface area contributed by atoms with E-state index in [9.17, 15) is 19.5 Å². The normalized spacial score (nSPS) is 23.0. The molecule has 2 heterocycles. The number of hydrogen-bond acceptors (Lipinski definition) is 5. The summed E-state index contributed by atoms with van der Waals surface area (Å²) >= 11 is 6.09. The molecule has 186 valence electrons. The number of benzene rings is 3. The number of halogens is 1. The lowest BCUT2D eigenvalue weighted by Gasteiger charge is -2.45. The molecule has 1 aromatic heterocycles. The number of nitrogens with zero attached hydrogens (tertiary/aromatic N) is 2. The molecule has 4 aromatic rings. The Labute approximate surface area is 222 Å². The Morgan fingerprint density at radius 1 is 0.842 bits per heavy atom. The molecule has 8 rings (SSSR count). The summed E-state index contributed by atoms with van der Waals surface area (Å²) in [4.78, 5) is 38.5. The van der Waals surface area contributed by atoms with E-state index in [0.717, 1.165) is 27.3 Å². The molecule has 2 atom stereocenters. The zero-order valence-corrected chi connectivity index (χ0v) is 20.5. The summed E-state index contributed by atoms with van der Waals surface area (Å²) in [5.74, 6) is -2.34. The number of hydrazone groups is 1. The van der Waals surface area contributed by atoms with Crippen LogP contribution in [0.2, 0.25) is 5.02 Å². The van der Waals surface area contributed by atoms with E-state index in [1.165, 1.54) is 18.3 Å². The average molecular weight is 523 g/mol. The van der Waals surface area contributed by atoms with Crippen LogP contribution in [0.25, 0.3) is 11.3 Å². The topological polar surface area (TPSA) is 100 Å². The van der Waals surface area contributed by atoms with E-state index >= 15 is 0 Å². The van der Waals surface area contributed by atoms with Gasteiger partial charge in [-0.05, 0) is 46.5 Å². The van der Waals surface area contributed by atoms with Gasteiger partial charge in [0.25, 0.3) is 11.8 Å². The number of hydrogen-bond donors (Lipinski definition) is 1. The fourth-order valence-electron chi connectivity index (χ4n) is 6.31. The highest BCUT2D eigenvalue weighted by atomic mass is 35.5. The van der Waals surface area contributed by atoms with Gasteiger partial charge in [0.1, 0.15) is 11.5 Å². The highest BCUT2D eigenvalue weighted by Crippen LogP contribution is 2.60. The maximum atomic E-state index is 13.6. The molecule has 38 heavy (non-hydrogen) atoms. The van der Waals surface area contributed by atoms with Gasteiger partial charge in [-0.15, -0.1) is 0 Å². The minimum absolute atomic E-state index is 0.00504. The van der Waals surface area contributed by atoms with Gasteiger partial charge in [0.15, 0.2) is 0 Å². The first-order valence-electron chi connectivity index (χ1n) is 12.2. The van der Waals surface area contributed by atoms with Crippen LogP contribution < -0.4 is 0 Å². The van der Waals surface area contributed by atoms with Gasteiger partial charge in [-0.2, -0.15) is 10.1 Å². The van der Waals surface area contributed by atoms with Crippen molar-refractivity contribution in [3.05, 3.63) is 117 Å². The van der Waals surface area contributed by atoms with Crippen LogP contribution >= 0.6 is 11.6 Å². The Morgan fingerprint density at radius 3 is 1.89 bits per heavy atom. The third-order valence-corrected chi connectivity index (χ3v) is 8.15. The monoisotopic (exact) mass is 522 g/mol. The molecule has 0 saturated carbocycles. The number of carbonyl (C=O) groups excluding carboxylic acids is 2. The predicted molar refractivity (Wildman–Crippen MR) is 139 cm³/mol. The molecule has 0 spiro atoms. The molecule has 3 aliphatic carbocycles. The van der Waals surface area contributed by atoms with Gasteiger partial charge in [-0.25, -0.2) is 4.79 Å². The van der Waals surface area contributed by atoms with Gasteiger partial charge in [0.2, 0.25) is 0 Å². The summed E-state index contributed by atoms with van der Waals surface area (Å²) < 4.78 is 5.83. The van der Waals surface area contributed by atoms with Crippen molar-refractivity contribution in [3.63, 3.8) is 0 Å². The first-order chi connectivity index (χ1) is 18.4. The van der Waals surface area contributed by atoms with Crippen molar-refractivity contribution in [1.82, 2.24) is 5.01 Å². The molecule has 0 radical (unpaired) electrons. The molecule has 1 saturated heterocycles. The minimum atomic E-state index is -1.12. The second-order valence-electron chi connectivity index (χ2n) is 9.70. The molecule has 2 amide bonds. The van der Waals surface area contributed by atoms with E-state index < -0.39 is 17.8 Å². The molecule has 2 bridgehead atoms. The van der Waals surface area contributed by atoms with Crippen LogP contribution in [0, 0.1) is 11.8 Å². The highest BCUT2D eigenvalue weighted by molar-refractivity contribution is 6.33. The first-order valence-corrected chi connectivity index (χ1v) is 12.5. The van der Waals surface area contributed by atoms with Crippen molar-refractivity contribution in [3.8, 4) is 11.3 Å².